The summed E-state index contributed by atoms with van der Waals surface area (Å²) < 4.78 is 5.98. The van der Waals surface area contributed by atoms with Crippen LogP contribution in [0.15, 0.2) is 18.3 Å². The average Bonchev–Trinajstić information content (AvgIpc) is 2.55. The molecule has 0 atom stereocenters. The number of halogens is 1. The third kappa shape index (κ3) is 1.42. The molecule has 0 spiro atoms. The van der Waals surface area contributed by atoms with Gasteiger partial charge in [-0.2, -0.15) is 4.98 Å². The van der Waals surface area contributed by atoms with E-state index in [2.05, 4.69) is 14.8 Å². The van der Waals surface area contributed by atoms with Crippen LogP contribution in [0, 0.1) is 0 Å². The van der Waals surface area contributed by atoms with Crippen molar-refractivity contribution in [3.63, 3.8) is 0 Å². The molecule has 0 saturated heterocycles. The Hall–Kier alpha value is -1.62. The number of pyridine rings is 1. The van der Waals surface area contributed by atoms with E-state index in [0.29, 0.717) is 11.2 Å². The van der Waals surface area contributed by atoms with Gasteiger partial charge in [-0.05, 0) is 23.7 Å². The van der Waals surface area contributed by atoms with Crippen LogP contribution in [0.1, 0.15) is 10.4 Å². The SMILES string of the molecule is COC(=O)c1ccc2nc(Cl)nn2c1. The molecule has 14 heavy (non-hydrogen) atoms. The molecule has 0 radical (unpaired) electrons. The van der Waals surface area contributed by atoms with Gasteiger partial charge in [-0.1, -0.05) is 0 Å². The predicted octanol–water partition coefficient (Wildman–Crippen LogP) is 1.17. The second-order valence-corrected chi connectivity index (χ2v) is 2.93. The van der Waals surface area contributed by atoms with Crippen LogP contribution in [0.3, 0.4) is 0 Å². The maximum atomic E-state index is 11.1. The fraction of sp³-hybridized carbons (Fsp3) is 0.125. The van der Waals surface area contributed by atoms with Crippen molar-refractivity contribution < 1.29 is 9.53 Å². The lowest BCUT2D eigenvalue weighted by Gasteiger charge is -1.98. The first-order valence-electron chi connectivity index (χ1n) is 3.81. The highest BCUT2D eigenvalue weighted by Crippen LogP contribution is 2.08. The Morgan fingerprint density at radius 1 is 1.57 bits per heavy atom. The molecular formula is C8H6ClN3O2. The molecule has 0 fully saturated rings. The predicted molar refractivity (Wildman–Crippen MR) is 49.3 cm³/mol. The molecule has 5 nitrogen and oxygen atoms in total. The van der Waals surface area contributed by atoms with Crippen LogP contribution in [0.25, 0.3) is 5.65 Å². The molecule has 0 aliphatic rings. The number of nitrogens with zero attached hydrogens (tertiary/aromatic N) is 3. The van der Waals surface area contributed by atoms with Gasteiger partial charge >= 0.3 is 5.97 Å². The molecule has 0 aliphatic heterocycles. The lowest BCUT2D eigenvalue weighted by atomic mass is 10.3. The Bertz CT molecular complexity index is 494. The van der Waals surface area contributed by atoms with Crippen molar-refractivity contribution in [1.29, 1.82) is 0 Å². The number of hydrogen-bond donors (Lipinski definition) is 0. The van der Waals surface area contributed by atoms with Crippen LogP contribution in [-0.4, -0.2) is 27.7 Å². The number of carbonyl (C=O) groups is 1. The molecule has 0 N–H and O–H groups in total. The summed E-state index contributed by atoms with van der Waals surface area (Å²) in [5, 5.41) is 4.00. The van der Waals surface area contributed by atoms with E-state index in [0.717, 1.165) is 0 Å². The van der Waals surface area contributed by atoms with Gasteiger partial charge in [0.05, 0.1) is 12.7 Å². The smallest absolute Gasteiger partial charge is 0.339 e. The van der Waals surface area contributed by atoms with Gasteiger partial charge in [-0.25, -0.2) is 9.31 Å². The van der Waals surface area contributed by atoms with E-state index in [-0.39, 0.29) is 5.28 Å². The first-order valence-corrected chi connectivity index (χ1v) is 4.19. The average molecular weight is 212 g/mol. The highest BCUT2D eigenvalue weighted by molar-refractivity contribution is 6.28. The zero-order valence-corrected chi connectivity index (χ0v) is 8.02. The Kier molecular flexibility index (Phi) is 2.09. The minimum absolute atomic E-state index is 0.145. The molecule has 2 rings (SSSR count). The first-order chi connectivity index (χ1) is 6.70. The van der Waals surface area contributed by atoms with Crippen molar-refractivity contribution in [3.8, 4) is 0 Å². The summed E-state index contributed by atoms with van der Waals surface area (Å²) in [6, 6.07) is 3.25. The maximum absolute atomic E-state index is 11.1. The van der Waals surface area contributed by atoms with E-state index in [1.54, 1.807) is 12.1 Å². The van der Waals surface area contributed by atoms with Gasteiger partial charge in [0.2, 0.25) is 5.28 Å². The Labute approximate surface area is 84.3 Å². The van der Waals surface area contributed by atoms with Crippen LogP contribution in [0.2, 0.25) is 5.28 Å². The third-order valence-corrected chi connectivity index (χ3v) is 1.89. The summed E-state index contributed by atoms with van der Waals surface area (Å²) in [6.45, 7) is 0. The molecule has 6 heteroatoms. The maximum Gasteiger partial charge on any atom is 0.339 e. The zero-order valence-electron chi connectivity index (χ0n) is 7.27. The lowest BCUT2D eigenvalue weighted by molar-refractivity contribution is 0.0600. The number of esters is 1. The van der Waals surface area contributed by atoms with Gasteiger partial charge in [-0.3, -0.25) is 0 Å². The molecule has 0 amide bonds. The van der Waals surface area contributed by atoms with Crippen LogP contribution in [-0.2, 0) is 4.74 Å². The van der Waals surface area contributed by atoms with E-state index in [1.165, 1.54) is 17.8 Å². The van der Waals surface area contributed by atoms with Crippen molar-refractivity contribution in [2.75, 3.05) is 7.11 Å². The van der Waals surface area contributed by atoms with Crippen LogP contribution in [0.4, 0.5) is 0 Å². The van der Waals surface area contributed by atoms with Gasteiger partial charge in [0, 0.05) is 6.20 Å². The Morgan fingerprint density at radius 2 is 2.36 bits per heavy atom. The third-order valence-electron chi connectivity index (χ3n) is 1.73. The van der Waals surface area contributed by atoms with Crippen molar-refractivity contribution in [2.45, 2.75) is 0 Å². The van der Waals surface area contributed by atoms with Crippen LogP contribution < -0.4 is 0 Å². The summed E-state index contributed by atoms with van der Waals surface area (Å²) in [4.78, 5) is 15.1. The van der Waals surface area contributed by atoms with Crippen molar-refractivity contribution in [3.05, 3.63) is 29.2 Å². The summed E-state index contributed by atoms with van der Waals surface area (Å²) in [7, 11) is 1.32. The second-order valence-electron chi connectivity index (χ2n) is 2.59. The van der Waals surface area contributed by atoms with E-state index in [9.17, 15) is 4.79 Å². The number of carbonyl (C=O) groups excluding carboxylic acids is 1. The number of rotatable bonds is 1. The van der Waals surface area contributed by atoms with Gasteiger partial charge in [0.25, 0.3) is 0 Å². The molecule has 0 unspecified atom stereocenters. The fourth-order valence-electron chi connectivity index (χ4n) is 1.09. The summed E-state index contributed by atoms with van der Waals surface area (Å²) >= 11 is 5.59. The molecule has 2 aromatic rings. The fourth-order valence-corrected chi connectivity index (χ4v) is 1.26. The van der Waals surface area contributed by atoms with Crippen molar-refractivity contribution in [1.82, 2.24) is 14.6 Å². The van der Waals surface area contributed by atoms with Crippen LogP contribution >= 0.6 is 11.6 Å². The molecule has 2 aromatic heterocycles. The van der Waals surface area contributed by atoms with E-state index >= 15 is 0 Å². The molecule has 0 saturated carbocycles. The van der Waals surface area contributed by atoms with Gasteiger partial charge in [0.15, 0.2) is 5.65 Å². The second kappa shape index (κ2) is 3.26. The standard InChI is InChI=1S/C8H6ClN3O2/c1-14-7(13)5-2-3-6-10-8(9)11-12(6)4-5/h2-4H,1H3. The number of aromatic nitrogens is 3. The van der Waals surface area contributed by atoms with Gasteiger partial charge in [-0.15, -0.1) is 5.10 Å². The molecule has 2 heterocycles. The summed E-state index contributed by atoms with van der Waals surface area (Å²) in [5.41, 5.74) is 0.990. The van der Waals surface area contributed by atoms with Gasteiger partial charge < -0.3 is 4.74 Å². The molecule has 72 valence electrons. The molecule has 0 bridgehead atoms. The summed E-state index contributed by atoms with van der Waals surface area (Å²) in [6.07, 6.45) is 1.51. The highest BCUT2D eigenvalue weighted by atomic mass is 35.5. The minimum atomic E-state index is -0.418. The van der Waals surface area contributed by atoms with Crippen LogP contribution in [0.5, 0.6) is 0 Å². The Balaban J connectivity index is 2.55. The number of hydrogen-bond acceptors (Lipinski definition) is 4. The number of methoxy groups -OCH3 is 1. The lowest BCUT2D eigenvalue weighted by Crippen LogP contribution is -2.03. The van der Waals surface area contributed by atoms with Gasteiger partial charge in [0.1, 0.15) is 0 Å². The zero-order chi connectivity index (χ0) is 10.1. The van der Waals surface area contributed by atoms with E-state index in [1.807, 2.05) is 0 Å². The number of ether oxygens (including phenoxy) is 1. The summed E-state index contributed by atoms with van der Waals surface area (Å²) in [5.74, 6) is -0.418. The van der Waals surface area contributed by atoms with Crippen molar-refractivity contribution in [2.24, 2.45) is 0 Å². The van der Waals surface area contributed by atoms with Crippen molar-refractivity contribution >= 4 is 23.2 Å². The quantitative estimate of drug-likeness (QED) is 0.665. The van der Waals surface area contributed by atoms with E-state index < -0.39 is 5.97 Å². The minimum Gasteiger partial charge on any atom is -0.465 e. The largest absolute Gasteiger partial charge is 0.465 e. The Morgan fingerprint density at radius 3 is 3.07 bits per heavy atom. The van der Waals surface area contributed by atoms with E-state index in [4.69, 9.17) is 11.6 Å². The molecular weight excluding hydrogens is 206 g/mol. The first kappa shape index (κ1) is 8.96. The highest BCUT2D eigenvalue weighted by Gasteiger charge is 2.07. The number of fused-ring (bicyclic) bond motifs is 1. The molecule has 0 aliphatic carbocycles. The monoisotopic (exact) mass is 211 g/mol. The topological polar surface area (TPSA) is 56.5 Å². The molecule has 0 aromatic carbocycles. The normalized spacial score (nSPS) is 10.4.